The van der Waals surface area contributed by atoms with Crippen molar-refractivity contribution in [2.45, 2.75) is 23.3 Å². The molecule has 0 atom stereocenters. The van der Waals surface area contributed by atoms with Crippen LogP contribution < -0.4 is 10.3 Å². The standard InChI is InChI=1S/C13H13NO5S/c15-8-13(5-6-13)14-20(17,18)10-2-3-11-9(7-10)1-4-12(16)19-11/h1-4,7,14-15H,5-6,8H2. The van der Waals surface area contributed by atoms with Gasteiger partial charge in [0.15, 0.2) is 0 Å². The van der Waals surface area contributed by atoms with Gasteiger partial charge in [-0.3, -0.25) is 0 Å². The van der Waals surface area contributed by atoms with Crippen LogP contribution in [0.5, 0.6) is 0 Å². The third kappa shape index (κ3) is 2.35. The smallest absolute Gasteiger partial charge is 0.336 e. The molecule has 1 aromatic heterocycles. The summed E-state index contributed by atoms with van der Waals surface area (Å²) in [6.07, 6.45) is 1.26. The van der Waals surface area contributed by atoms with Crippen LogP contribution in [-0.4, -0.2) is 25.7 Å². The Hall–Kier alpha value is -1.70. The topological polar surface area (TPSA) is 96.6 Å². The molecular weight excluding hydrogens is 282 g/mol. The van der Waals surface area contributed by atoms with E-state index < -0.39 is 21.2 Å². The highest BCUT2D eigenvalue weighted by atomic mass is 32.2. The number of sulfonamides is 1. The molecule has 7 heteroatoms. The molecule has 1 aliphatic rings. The van der Waals surface area contributed by atoms with Crippen molar-refractivity contribution in [1.82, 2.24) is 4.72 Å². The summed E-state index contributed by atoms with van der Waals surface area (Å²) in [4.78, 5) is 11.2. The van der Waals surface area contributed by atoms with Crippen LogP contribution in [0, 0.1) is 0 Å². The minimum Gasteiger partial charge on any atom is -0.423 e. The first-order valence-corrected chi connectivity index (χ1v) is 7.61. The Morgan fingerprint density at radius 1 is 1.25 bits per heavy atom. The third-order valence-electron chi connectivity index (χ3n) is 3.41. The Morgan fingerprint density at radius 3 is 2.65 bits per heavy atom. The van der Waals surface area contributed by atoms with Crippen molar-refractivity contribution >= 4 is 21.0 Å². The molecule has 3 rings (SSSR count). The molecule has 2 N–H and O–H groups in total. The molecule has 1 saturated carbocycles. The number of fused-ring (bicyclic) bond motifs is 1. The van der Waals surface area contributed by atoms with E-state index in [0.29, 0.717) is 23.8 Å². The maximum atomic E-state index is 12.2. The van der Waals surface area contributed by atoms with Crippen LogP contribution in [0.3, 0.4) is 0 Å². The lowest BCUT2D eigenvalue weighted by Crippen LogP contribution is -2.39. The van der Waals surface area contributed by atoms with Crippen LogP contribution in [0.4, 0.5) is 0 Å². The normalized spacial score (nSPS) is 17.2. The first kappa shape index (κ1) is 13.3. The molecule has 0 bridgehead atoms. The SMILES string of the molecule is O=c1ccc2cc(S(=O)(=O)NC3(CO)CC3)ccc2o1. The van der Waals surface area contributed by atoms with E-state index in [2.05, 4.69) is 4.72 Å². The van der Waals surface area contributed by atoms with Gasteiger partial charge >= 0.3 is 5.63 Å². The highest BCUT2D eigenvalue weighted by Gasteiger charge is 2.45. The summed E-state index contributed by atoms with van der Waals surface area (Å²) in [5.74, 6) is 0. The molecule has 1 heterocycles. The van der Waals surface area contributed by atoms with E-state index in [1.54, 1.807) is 0 Å². The van der Waals surface area contributed by atoms with Gasteiger partial charge in [0.1, 0.15) is 5.58 Å². The molecule has 1 aliphatic carbocycles. The Bertz CT molecular complexity index is 820. The van der Waals surface area contributed by atoms with Crippen molar-refractivity contribution in [2.75, 3.05) is 6.61 Å². The first-order chi connectivity index (χ1) is 9.44. The number of hydrogen-bond donors (Lipinski definition) is 2. The van der Waals surface area contributed by atoms with Gasteiger partial charge in [-0.2, -0.15) is 0 Å². The summed E-state index contributed by atoms with van der Waals surface area (Å²) in [6, 6.07) is 7.01. The van der Waals surface area contributed by atoms with Crippen LogP contribution >= 0.6 is 0 Å². The summed E-state index contributed by atoms with van der Waals surface area (Å²) in [7, 11) is -3.70. The van der Waals surface area contributed by atoms with E-state index in [-0.39, 0.29) is 11.5 Å². The Balaban J connectivity index is 2.01. The molecule has 0 radical (unpaired) electrons. The lowest BCUT2D eigenvalue weighted by atomic mass is 10.2. The fourth-order valence-electron chi connectivity index (χ4n) is 2.00. The summed E-state index contributed by atoms with van der Waals surface area (Å²) in [5, 5.41) is 9.72. The molecule has 0 aliphatic heterocycles. The van der Waals surface area contributed by atoms with E-state index in [1.165, 1.54) is 30.3 Å². The molecule has 1 aromatic carbocycles. The van der Waals surface area contributed by atoms with Gasteiger partial charge in [-0.05, 0) is 37.1 Å². The quantitative estimate of drug-likeness (QED) is 0.805. The number of rotatable bonds is 4. The predicted molar refractivity (Wildman–Crippen MR) is 71.9 cm³/mol. The van der Waals surface area contributed by atoms with Gasteiger partial charge in [-0.15, -0.1) is 0 Å². The summed E-state index contributed by atoms with van der Waals surface area (Å²) in [5.41, 5.74) is -0.861. The number of benzene rings is 1. The van der Waals surface area contributed by atoms with Crippen molar-refractivity contribution in [3.05, 3.63) is 40.8 Å². The minimum atomic E-state index is -3.70. The van der Waals surface area contributed by atoms with Crippen molar-refractivity contribution in [1.29, 1.82) is 0 Å². The van der Waals surface area contributed by atoms with Crippen LogP contribution in [-0.2, 0) is 10.0 Å². The highest BCUT2D eigenvalue weighted by Crippen LogP contribution is 2.36. The molecule has 0 unspecified atom stereocenters. The first-order valence-electron chi connectivity index (χ1n) is 6.13. The largest absolute Gasteiger partial charge is 0.423 e. The Kier molecular flexibility index (Phi) is 2.93. The zero-order chi connectivity index (χ0) is 14.4. The van der Waals surface area contributed by atoms with Crippen molar-refractivity contribution in [2.24, 2.45) is 0 Å². The van der Waals surface area contributed by atoms with Crippen LogP contribution in [0.15, 0.2) is 44.4 Å². The molecule has 20 heavy (non-hydrogen) atoms. The molecule has 2 aromatic rings. The number of hydrogen-bond acceptors (Lipinski definition) is 5. The predicted octanol–water partition coefficient (Wildman–Crippen LogP) is 0.596. The zero-order valence-electron chi connectivity index (χ0n) is 10.5. The highest BCUT2D eigenvalue weighted by molar-refractivity contribution is 7.89. The number of aliphatic hydroxyl groups is 1. The van der Waals surface area contributed by atoms with Gasteiger partial charge in [-0.25, -0.2) is 17.9 Å². The van der Waals surface area contributed by atoms with Gasteiger partial charge in [0.2, 0.25) is 10.0 Å². The molecule has 1 fully saturated rings. The lowest BCUT2D eigenvalue weighted by molar-refractivity contribution is 0.246. The maximum absolute atomic E-state index is 12.2. The second kappa shape index (κ2) is 4.41. The average molecular weight is 295 g/mol. The number of nitrogens with one attached hydrogen (secondary N) is 1. The van der Waals surface area contributed by atoms with Gasteiger partial charge < -0.3 is 9.52 Å². The molecule has 0 saturated heterocycles. The van der Waals surface area contributed by atoms with Gasteiger partial charge in [-0.1, -0.05) is 0 Å². The molecule has 6 nitrogen and oxygen atoms in total. The lowest BCUT2D eigenvalue weighted by Gasteiger charge is -2.14. The van der Waals surface area contributed by atoms with E-state index in [0.717, 1.165) is 0 Å². The summed E-state index contributed by atoms with van der Waals surface area (Å²) >= 11 is 0. The summed E-state index contributed by atoms with van der Waals surface area (Å²) in [6.45, 7) is -0.214. The van der Waals surface area contributed by atoms with Crippen LogP contribution in [0.2, 0.25) is 0 Å². The second-order valence-corrected chi connectivity index (χ2v) is 6.68. The Morgan fingerprint density at radius 2 is 2.00 bits per heavy atom. The van der Waals surface area contributed by atoms with E-state index in [1.807, 2.05) is 0 Å². The second-order valence-electron chi connectivity index (χ2n) is 5.00. The van der Waals surface area contributed by atoms with Gasteiger partial charge in [0.05, 0.1) is 17.0 Å². The van der Waals surface area contributed by atoms with Crippen molar-refractivity contribution in [3.63, 3.8) is 0 Å². The fourth-order valence-corrected chi connectivity index (χ4v) is 3.49. The van der Waals surface area contributed by atoms with Crippen molar-refractivity contribution < 1.29 is 17.9 Å². The fraction of sp³-hybridized carbons (Fsp3) is 0.308. The maximum Gasteiger partial charge on any atom is 0.336 e. The third-order valence-corrected chi connectivity index (χ3v) is 4.98. The molecular formula is C13H13NO5S. The van der Waals surface area contributed by atoms with Crippen molar-refractivity contribution in [3.8, 4) is 0 Å². The summed E-state index contributed by atoms with van der Waals surface area (Å²) < 4.78 is 32.0. The molecule has 0 spiro atoms. The van der Waals surface area contributed by atoms with E-state index >= 15 is 0 Å². The average Bonchev–Trinajstić information content (AvgIpc) is 3.17. The molecule has 106 valence electrons. The molecule has 0 amide bonds. The monoisotopic (exact) mass is 295 g/mol. The minimum absolute atomic E-state index is 0.0820. The Labute approximate surface area is 115 Å². The van der Waals surface area contributed by atoms with Crippen LogP contribution in [0.25, 0.3) is 11.0 Å². The van der Waals surface area contributed by atoms with E-state index in [9.17, 15) is 18.3 Å². The van der Waals surface area contributed by atoms with Gasteiger partial charge in [0.25, 0.3) is 0 Å². The van der Waals surface area contributed by atoms with Gasteiger partial charge in [0, 0.05) is 11.5 Å². The number of aliphatic hydroxyl groups excluding tert-OH is 1. The van der Waals surface area contributed by atoms with Crippen LogP contribution in [0.1, 0.15) is 12.8 Å². The van der Waals surface area contributed by atoms with E-state index in [4.69, 9.17) is 4.42 Å². The zero-order valence-corrected chi connectivity index (χ0v) is 11.3.